The third-order valence-corrected chi connectivity index (χ3v) is 1.84. The van der Waals surface area contributed by atoms with Gasteiger partial charge in [0.1, 0.15) is 0 Å². The number of rotatable bonds is 7. The van der Waals surface area contributed by atoms with Crippen LogP contribution in [0.1, 0.15) is 32.6 Å². The van der Waals surface area contributed by atoms with Crippen LogP contribution in [0.4, 0.5) is 0 Å². The minimum absolute atomic E-state index is 0.274. The van der Waals surface area contributed by atoms with Gasteiger partial charge in [0.25, 0.3) is 0 Å². The third kappa shape index (κ3) is 8.78. The van der Waals surface area contributed by atoms with E-state index in [0.717, 1.165) is 19.3 Å². The highest BCUT2D eigenvalue weighted by Gasteiger charge is 1.96. The summed E-state index contributed by atoms with van der Waals surface area (Å²) in [6.45, 7) is 5.62. The molecular formula is C12H18O2. The van der Waals surface area contributed by atoms with Gasteiger partial charge in [-0.05, 0) is 26.2 Å². The van der Waals surface area contributed by atoms with Crippen LogP contribution in [0.25, 0.3) is 0 Å². The fourth-order valence-electron chi connectivity index (χ4n) is 1.06. The van der Waals surface area contributed by atoms with Crippen LogP contribution >= 0.6 is 0 Å². The zero-order chi connectivity index (χ0) is 10.8. The Morgan fingerprint density at radius 2 is 1.93 bits per heavy atom. The normalized spacial score (nSPS) is 11.9. The van der Waals surface area contributed by atoms with Crippen molar-refractivity contribution in [3.05, 3.63) is 36.5 Å². The first-order chi connectivity index (χ1) is 6.66. The molecule has 0 aromatic carbocycles. The van der Waals surface area contributed by atoms with Crippen molar-refractivity contribution in [2.75, 3.05) is 0 Å². The lowest BCUT2D eigenvalue weighted by Crippen LogP contribution is -1.93. The minimum atomic E-state index is -0.710. The number of hydrogen-bond acceptors (Lipinski definition) is 1. The molecule has 78 valence electrons. The number of allylic oxidation sites excluding steroid dienone is 5. The van der Waals surface area contributed by atoms with Crippen LogP contribution in [-0.4, -0.2) is 11.1 Å². The maximum Gasteiger partial charge on any atom is 0.303 e. The van der Waals surface area contributed by atoms with Crippen LogP contribution in [0.3, 0.4) is 0 Å². The van der Waals surface area contributed by atoms with Crippen molar-refractivity contribution in [3.8, 4) is 0 Å². The average Bonchev–Trinajstić information content (AvgIpc) is 2.13. The van der Waals surface area contributed by atoms with Crippen LogP contribution in [0.15, 0.2) is 36.5 Å². The smallest absolute Gasteiger partial charge is 0.303 e. The SMILES string of the molecule is C=C/C=C\C=C(/C)CCCCC(=O)O. The Bertz CT molecular complexity index is 237. The molecule has 0 atom stereocenters. The minimum Gasteiger partial charge on any atom is -0.481 e. The molecule has 2 heteroatoms. The first kappa shape index (κ1) is 12.7. The fraction of sp³-hybridized carbons (Fsp3) is 0.417. The summed E-state index contributed by atoms with van der Waals surface area (Å²) in [6.07, 6.45) is 10.5. The molecule has 0 aliphatic heterocycles. The van der Waals surface area contributed by atoms with E-state index in [1.807, 2.05) is 25.2 Å². The van der Waals surface area contributed by atoms with Crippen LogP contribution in [0.2, 0.25) is 0 Å². The molecule has 0 aliphatic carbocycles. The molecule has 0 aromatic heterocycles. The summed E-state index contributed by atoms with van der Waals surface area (Å²) in [6, 6.07) is 0. The Morgan fingerprint density at radius 3 is 2.50 bits per heavy atom. The first-order valence-corrected chi connectivity index (χ1v) is 4.83. The van der Waals surface area contributed by atoms with Crippen molar-refractivity contribution >= 4 is 5.97 Å². The van der Waals surface area contributed by atoms with E-state index < -0.39 is 5.97 Å². The summed E-state index contributed by atoms with van der Waals surface area (Å²) in [5.41, 5.74) is 1.27. The molecule has 14 heavy (non-hydrogen) atoms. The number of carbonyl (C=O) groups is 1. The lowest BCUT2D eigenvalue weighted by Gasteiger charge is -1.98. The summed E-state index contributed by atoms with van der Waals surface area (Å²) in [5, 5.41) is 8.42. The van der Waals surface area contributed by atoms with Gasteiger partial charge in [-0.2, -0.15) is 0 Å². The maximum atomic E-state index is 10.2. The number of carboxylic acid groups (broad SMARTS) is 1. The number of carboxylic acids is 1. The van der Waals surface area contributed by atoms with E-state index in [9.17, 15) is 4.79 Å². The van der Waals surface area contributed by atoms with Gasteiger partial charge in [-0.15, -0.1) is 0 Å². The van der Waals surface area contributed by atoms with Crippen LogP contribution < -0.4 is 0 Å². The molecule has 2 nitrogen and oxygen atoms in total. The number of unbranched alkanes of at least 4 members (excludes halogenated alkanes) is 1. The predicted molar refractivity (Wildman–Crippen MR) is 59.2 cm³/mol. The van der Waals surface area contributed by atoms with Gasteiger partial charge in [0, 0.05) is 6.42 Å². The van der Waals surface area contributed by atoms with Crippen molar-refractivity contribution in [3.63, 3.8) is 0 Å². The molecule has 0 saturated carbocycles. The van der Waals surface area contributed by atoms with Gasteiger partial charge in [-0.3, -0.25) is 4.79 Å². The molecule has 0 radical (unpaired) electrons. The lowest BCUT2D eigenvalue weighted by molar-refractivity contribution is -0.137. The Balaban J connectivity index is 3.57. The summed E-state index contributed by atoms with van der Waals surface area (Å²) in [4.78, 5) is 10.2. The molecular weight excluding hydrogens is 176 g/mol. The van der Waals surface area contributed by atoms with Crippen molar-refractivity contribution in [1.82, 2.24) is 0 Å². The molecule has 0 saturated heterocycles. The topological polar surface area (TPSA) is 37.3 Å². The van der Waals surface area contributed by atoms with Gasteiger partial charge in [0.2, 0.25) is 0 Å². The molecule has 0 unspecified atom stereocenters. The summed E-state index contributed by atoms with van der Waals surface area (Å²) < 4.78 is 0. The summed E-state index contributed by atoms with van der Waals surface area (Å²) in [5.74, 6) is -0.710. The van der Waals surface area contributed by atoms with Crippen molar-refractivity contribution in [2.24, 2.45) is 0 Å². The Kier molecular flexibility index (Phi) is 7.52. The van der Waals surface area contributed by atoms with Gasteiger partial charge >= 0.3 is 5.97 Å². The van der Waals surface area contributed by atoms with E-state index in [-0.39, 0.29) is 6.42 Å². The second-order valence-corrected chi connectivity index (χ2v) is 3.23. The molecule has 0 rings (SSSR count). The third-order valence-electron chi connectivity index (χ3n) is 1.84. The maximum absolute atomic E-state index is 10.2. The highest BCUT2D eigenvalue weighted by Crippen LogP contribution is 2.08. The largest absolute Gasteiger partial charge is 0.481 e. The Morgan fingerprint density at radius 1 is 1.29 bits per heavy atom. The van der Waals surface area contributed by atoms with E-state index in [1.54, 1.807) is 6.08 Å². The molecule has 0 fully saturated rings. The van der Waals surface area contributed by atoms with Crippen LogP contribution in [0.5, 0.6) is 0 Å². The van der Waals surface area contributed by atoms with Crippen LogP contribution in [-0.2, 0) is 4.79 Å². The van der Waals surface area contributed by atoms with Gasteiger partial charge in [0.05, 0.1) is 0 Å². The quantitative estimate of drug-likeness (QED) is 0.498. The second kappa shape index (κ2) is 8.30. The molecule has 0 spiro atoms. The van der Waals surface area contributed by atoms with Gasteiger partial charge in [-0.1, -0.05) is 36.5 Å². The Labute approximate surface area is 85.6 Å². The van der Waals surface area contributed by atoms with Gasteiger partial charge in [-0.25, -0.2) is 0 Å². The molecule has 0 heterocycles. The molecule has 0 aromatic rings. The van der Waals surface area contributed by atoms with Crippen LogP contribution in [0, 0.1) is 0 Å². The van der Waals surface area contributed by atoms with E-state index in [0.29, 0.717) is 0 Å². The van der Waals surface area contributed by atoms with E-state index in [2.05, 4.69) is 6.58 Å². The highest BCUT2D eigenvalue weighted by molar-refractivity contribution is 5.66. The Hall–Kier alpha value is -1.31. The molecule has 0 amide bonds. The van der Waals surface area contributed by atoms with E-state index in [1.165, 1.54) is 5.57 Å². The lowest BCUT2D eigenvalue weighted by atomic mass is 10.1. The molecule has 1 N–H and O–H groups in total. The van der Waals surface area contributed by atoms with E-state index >= 15 is 0 Å². The van der Waals surface area contributed by atoms with Gasteiger partial charge < -0.3 is 5.11 Å². The highest BCUT2D eigenvalue weighted by atomic mass is 16.4. The van der Waals surface area contributed by atoms with Gasteiger partial charge in [0.15, 0.2) is 0 Å². The van der Waals surface area contributed by atoms with Crippen molar-refractivity contribution < 1.29 is 9.90 Å². The first-order valence-electron chi connectivity index (χ1n) is 4.83. The number of hydrogen-bond donors (Lipinski definition) is 1. The standard InChI is InChI=1S/C12H18O2/c1-3-4-5-8-11(2)9-6-7-10-12(13)14/h3-5,8H,1,6-7,9-10H2,2H3,(H,13,14)/b5-4-,11-8+. The summed E-state index contributed by atoms with van der Waals surface area (Å²) in [7, 11) is 0. The second-order valence-electron chi connectivity index (χ2n) is 3.23. The number of aliphatic carboxylic acids is 1. The van der Waals surface area contributed by atoms with E-state index in [4.69, 9.17) is 5.11 Å². The molecule has 0 aliphatic rings. The fourth-order valence-corrected chi connectivity index (χ4v) is 1.06. The summed E-state index contributed by atoms with van der Waals surface area (Å²) >= 11 is 0. The zero-order valence-electron chi connectivity index (χ0n) is 8.70. The average molecular weight is 194 g/mol. The van der Waals surface area contributed by atoms with Crippen molar-refractivity contribution in [1.29, 1.82) is 0 Å². The zero-order valence-corrected chi connectivity index (χ0v) is 8.70. The van der Waals surface area contributed by atoms with Crippen molar-refractivity contribution in [2.45, 2.75) is 32.6 Å². The molecule has 0 bridgehead atoms. The predicted octanol–water partition coefficient (Wildman–Crippen LogP) is 3.32. The monoisotopic (exact) mass is 194 g/mol.